The molecule has 3 rings (SSSR count). The van der Waals surface area contributed by atoms with Crippen LogP contribution in [0.15, 0.2) is 54.6 Å². The van der Waals surface area contributed by atoms with Gasteiger partial charge in [0, 0.05) is 19.6 Å². The molecule has 0 spiro atoms. The SMILES string of the molecule is O=C(CNc1ccccc1N1CCCCC1)NCCc1ccccc1. The molecule has 2 aromatic rings. The van der Waals surface area contributed by atoms with Gasteiger partial charge >= 0.3 is 0 Å². The van der Waals surface area contributed by atoms with Gasteiger partial charge in [0.1, 0.15) is 0 Å². The molecule has 0 aliphatic carbocycles. The first-order chi connectivity index (χ1) is 12.3. The molecular formula is C21H27N3O. The van der Waals surface area contributed by atoms with E-state index >= 15 is 0 Å². The molecule has 1 amide bonds. The first kappa shape index (κ1) is 17.3. The summed E-state index contributed by atoms with van der Waals surface area (Å²) in [6, 6.07) is 18.5. The molecule has 4 heteroatoms. The van der Waals surface area contributed by atoms with Gasteiger partial charge in [-0.3, -0.25) is 4.79 Å². The maximum Gasteiger partial charge on any atom is 0.239 e. The van der Waals surface area contributed by atoms with Crippen molar-refractivity contribution in [2.24, 2.45) is 0 Å². The van der Waals surface area contributed by atoms with Crippen LogP contribution in [0.1, 0.15) is 24.8 Å². The Morgan fingerprint density at radius 3 is 2.44 bits per heavy atom. The average Bonchev–Trinajstić information content (AvgIpc) is 2.68. The molecule has 1 heterocycles. The van der Waals surface area contributed by atoms with Crippen LogP contribution in [0, 0.1) is 0 Å². The molecule has 0 atom stereocenters. The second-order valence-corrected chi connectivity index (χ2v) is 6.50. The topological polar surface area (TPSA) is 44.4 Å². The van der Waals surface area contributed by atoms with E-state index in [-0.39, 0.29) is 5.91 Å². The first-order valence-electron chi connectivity index (χ1n) is 9.21. The van der Waals surface area contributed by atoms with E-state index in [2.05, 4.69) is 45.9 Å². The Hall–Kier alpha value is -2.49. The highest BCUT2D eigenvalue weighted by atomic mass is 16.1. The van der Waals surface area contributed by atoms with Gasteiger partial charge in [-0.05, 0) is 43.4 Å². The van der Waals surface area contributed by atoms with E-state index in [9.17, 15) is 4.79 Å². The summed E-state index contributed by atoms with van der Waals surface area (Å²) in [7, 11) is 0. The Labute approximate surface area is 150 Å². The van der Waals surface area contributed by atoms with Gasteiger partial charge in [0.15, 0.2) is 0 Å². The fraction of sp³-hybridized carbons (Fsp3) is 0.381. The van der Waals surface area contributed by atoms with Crippen LogP contribution in [0.3, 0.4) is 0 Å². The Morgan fingerprint density at radius 1 is 0.920 bits per heavy atom. The minimum absolute atomic E-state index is 0.0318. The molecule has 4 nitrogen and oxygen atoms in total. The highest BCUT2D eigenvalue weighted by molar-refractivity contribution is 5.82. The van der Waals surface area contributed by atoms with Crippen LogP contribution >= 0.6 is 0 Å². The zero-order chi connectivity index (χ0) is 17.3. The third-order valence-electron chi connectivity index (χ3n) is 4.62. The van der Waals surface area contributed by atoms with Crippen LogP contribution in [-0.4, -0.2) is 32.1 Å². The van der Waals surface area contributed by atoms with E-state index < -0.39 is 0 Å². The normalized spacial score (nSPS) is 14.2. The van der Waals surface area contributed by atoms with Gasteiger partial charge in [0.25, 0.3) is 0 Å². The maximum absolute atomic E-state index is 12.1. The van der Waals surface area contributed by atoms with Crippen LogP contribution in [0.2, 0.25) is 0 Å². The number of hydrogen-bond donors (Lipinski definition) is 2. The Balaban J connectivity index is 1.47. The van der Waals surface area contributed by atoms with Crippen LogP contribution in [0.4, 0.5) is 11.4 Å². The molecule has 0 radical (unpaired) electrons. The molecule has 0 saturated carbocycles. The lowest BCUT2D eigenvalue weighted by Crippen LogP contribution is -2.33. The van der Waals surface area contributed by atoms with Gasteiger partial charge < -0.3 is 15.5 Å². The average molecular weight is 337 g/mol. The van der Waals surface area contributed by atoms with Crippen molar-refractivity contribution in [3.8, 4) is 0 Å². The summed E-state index contributed by atoms with van der Waals surface area (Å²) < 4.78 is 0. The van der Waals surface area contributed by atoms with Crippen LogP contribution in [0.25, 0.3) is 0 Å². The highest BCUT2D eigenvalue weighted by Crippen LogP contribution is 2.27. The molecule has 2 aromatic carbocycles. The Morgan fingerprint density at radius 2 is 1.64 bits per heavy atom. The van der Waals surface area contributed by atoms with Gasteiger partial charge in [-0.1, -0.05) is 42.5 Å². The maximum atomic E-state index is 12.1. The number of nitrogens with zero attached hydrogens (tertiary/aromatic N) is 1. The lowest BCUT2D eigenvalue weighted by molar-refractivity contribution is -0.119. The van der Waals surface area contributed by atoms with Crippen molar-refractivity contribution in [1.29, 1.82) is 0 Å². The van der Waals surface area contributed by atoms with Crippen molar-refractivity contribution in [2.45, 2.75) is 25.7 Å². The van der Waals surface area contributed by atoms with E-state index in [1.807, 2.05) is 24.3 Å². The number of rotatable bonds is 7. The van der Waals surface area contributed by atoms with Gasteiger partial charge in [0.2, 0.25) is 5.91 Å². The number of piperidine rings is 1. The summed E-state index contributed by atoms with van der Waals surface area (Å²) in [5, 5.41) is 6.29. The van der Waals surface area contributed by atoms with E-state index in [1.165, 1.54) is 30.5 Å². The van der Waals surface area contributed by atoms with E-state index in [0.717, 1.165) is 25.2 Å². The lowest BCUT2D eigenvalue weighted by atomic mass is 10.1. The number of carbonyl (C=O) groups excluding carboxylic acids is 1. The Bertz CT molecular complexity index is 666. The molecule has 132 valence electrons. The lowest BCUT2D eigenvalue weighted by Gasteiger charge is -2.30. The van der Waals surface area contributed by atoms with E-state index in [4.69, 9.17) is 0 Å². The van der Waals surface area contributed by atoms with Crippen LogP contribution < -0.4 is 15.5 Å². The summed E-state index contributed by atoms with van der Waals surface area (Å²) in [6.07, 6.45) is 4.66. The molecule has 0 bridgehead atoms. The summed E-state index contributed by atoms with van der Waals surface area (Å²) >= 11 is 0. The van der Waals surface area contributed by atoms with Crippen molar-refractivity contribution in [3.63, 3.8) is 0 Å². The zero-order valence-corrected chi connectivity index (χ0v) is 14.7. The summed E-state index contributed by atoms with van der Waals surface area (Å²) in [6.45, 7) is 3.17. The second kappa shape index (κ2) is 9.11. The van der Waals surface area contributed by atoms with Gasteiger partial charge in [-0.2, -0.15) is 0 Å². The highest BCUT2D eigenvalue weighted by Gasteiger charge is 2.14. The van der Waals surface area contributed by atoms with Crippen LogP contribution in [-0.2, 0) is 11.2 Å². The largest absolute Gasteiger partial charge is 0.374 e. The molecule has 1 aliphatic heterocycles. The van der Waals surface area contributed by atoms with Crippen molar-refractivity contribution >= 4 is 17.3 Å². The molecule has 25 heavy (non-hydrogen) atoms. The van der Waals surface area contributed by atoms with E-state index in [0.29, 0.717) is 13.1 Å². The fourth-order valence-corrected chi connectivity index (χ4v) is 3.26. The van der Waals surface area contributed by atoms with Crippen molar-refractivity contribution in [2.75, 3.05) is 36.4 Å². The third kappa shape index (κ3) is 5.24. The summed E-state index contributed by atoms with van der Waals surface area (Å²) in [5.41, 5.74) is 3.49. The zero-order valence-electron chi connectivity index (χ0n) is 14.7. The van der Waals surface area contributed by atoms with Gasteiger partial charge in [-0.15, -0.1) is 0 Å². The number of amides is 1. The molecular weight excluding hydrogens is 310 g/mol. The van der Waals surface area contributed by atoms with E-state index in [1.54, 1.807) is 0 Å². The number of benzene rings is 2. The number of para-hydroxylation sites is 2. The Kier molecular flexibility index (Phi) is 6.32. The van der Waals surface area contributed by atoms with Crippen molar-refractivity contribution in [1.82, 2.24) is 5.32 Å². The molecule has 2 N–H and O–H groups in total. The van der Waals surface area contributed by atoms with Crippen molar-refractivity contribution < 1.29 is 4.79 Å². The minimum Gasteiger partial charge on any atom is -0.374 e. The molecule has 0 unspecified atom stereocenters. The number of carbonyl (C=O) groups is 1. The number of hydrogen-bond acceptors (Lipinski definition) is 3. The van der Waals surface area contributed by atoms with Gasteiger partial charge in [-0.25, -0.2) is 0 Å². The molecule has 0 aromatic heterocycles. The van der Waals surface area contributed by atoms with Crippen molar-refractivity contribution in [3.05, 3.63) is 60.2 Å². The predicted octanol–water partition coefficient (Wildman–Crippen LogP) is 3.45. The number of anilines is 2. The number of nitrogens with one attached hydrogen (secondary N) is 2. The fourth-order valence-electron chi connectivity index (χ4n) is 3.26. The standard InChI is InChI=1S/C21H27N3O/c25-21(22-14-13-18-9-3-1-4-10-18)17-23-19-11-5-6-12-20(19)24-15-7-2-8-16-24/h1,3-6,9-12,23H,2,7-8,13-17H2,(H,22,25). The second-order valence-electron chi connectivity index (χ2n) is 6.50. The van der Waals surface area contributed by atoms with Crippen LogP contribution in [0.5, 0.6) is 0 Å². The predicted molar refractivity (Wildman–Crippen MR) is 104 cm³/mol. The molecule has 1 aliphatic rings. The third-order valence-corrected chi connectivity index (χ3v) is 4.62. The summed E-state index contributed by atoms with van der Waals surface area (Å²) in [5.74, 6) is 0.0318. The quantitative estimate of drug-likeness (QED) is 0.813. The monoisotopic (exact) mass is 337 g/mol. The summed E-state index contributed by atoms with van der Waals surface area (Å²) in [4.78, 5) is 14.5. The van der Waals surface area contributed by atoms with Gasteiger partial charge in [0.05, 0.1) is 17.9 Å². The first-order valence-corrected chi connectivity index (χ1v) is 9.21. The smallest absolute Gasteiger partial charge is 0.239 e. The molecule has 1 saturated heterocycles. The molecule has 1 fully saturated rings. The minimum atomic E-state index is 0.0318.